The van der Waals surface area contributed by atoms with Gasteiger partial charge in [-0.1, -0.05) is 11.8 Å². The van der Waals surface area contributed by atoms with Gasteiger partial charge in [-0.05, 0) is 0 Å². The topological polar surface area (TPSA) is 165 Å². The first-order valence-corrected chi connectivity index (χ1v) is 8.00. The Kier molecular flexibility index (Phi) is 6.14. The van der Waals surface area contributed by atoms with Crippen molar-refractivity contribution in [2.24, 2.45) is 0 Å². The van der Waals surface area contributed by atoms with Gasteiger partial charge in [0.05, 0.1) is 18.9 Å². The molecule has 0 unspecified atom stereocenters. The molecule has 0 atom stereocenters. The van der Waals surface area contributed by atoms with Crippen LogP contribution in [0.3, 0.4) is 0 Å². The first kappa shape index (κ1) is 18.5. The molecule has 0 fully saturated rings. The predicted molar refractivity (Wildman–Crippen MR) is 91.8 cm³/mol. The van der Waals surface area contributed by atoms with Crippen LogP contribution in [-0.2, 0) is 16.1 Å². The van der Waals surface area contributed by atoms with E-state index in [1.165, 1.54) is 11.7 Å². The number of rotatable bonds is 7. The minimum absolute atomic E-state index is 0.0367. The van der Waals surface area contributed by atoms with Gasteiger partial charge in [0, 0.05) is 19.2 Å². The van der Waals surface area contributed by atoms with Crippen molar-refractivity contribution in [3.8, 4) is 0 Å². The van der Waals surface area contributed by atoms with E-state index in [-0.39, 0.29) is 35.7 Å². The average molecular weight is 368 g/mol. The summed E-state index contributed by atoms with van der Waals surface area (Å²) in [6.07, 6.45) is 0. The number of hydrogen-bond acceptors (Lipinski definition) is 8. The average Bonchev–Trinajstić information content (AvgIpc) is 2.51. The van der Waals surface area contributed by atoms with Gasteiger partial charge in [0.25, 0.3) is 11.1 Å². The smallest absolute Gasteiger partial charge is 0.329 e. The third-order valence-corrected chi connectivity index (χ3v) is 3.77. The molecule has 5 N–H and O–H groups in total. The van der Waals surface area contributed by atoms with Crippen molar-refractivity contribution in [2.75, 3.05) is 30.5 Å². The van der Waals surface area contributed by atoms with E-state index in [9.17, 15) is 19.2 Å². The third kappa shape index (κ3) is 5.32. The van der Waals surface area contributed by atoms with E-state index in [4.69, 9.17) is 10.5 Å². The third-order valence-electron chi connectivity index (χ3n) is 2.90. The molecular formula is C13H16N6O5S. The zero-order chi connectivity index (χ0) is 18.4. The van der Waals surface area contributed by atoms with Crippen LogP contribution in [-0.4, -0.2) is 44.9 Å². The number of hydrogen-bond donors (Lipinski definition) is 4. The van der Waals surface area contributed by atoms with Gasteiger partial charge >= 0.3 is 5.69 Å². The Labute approximate surface area is 144 Å². The van der Waals surface area contributed by atoms with Gasteiger partial charge in [-0.15, -0.1) is 0 Å². The molecule has 1 amide bonds. The number of thioether (sulfide) groups is 1. The molecule has 0 aromatic carbocycles. The minimum Gasteiger partial charge on any atom is -0.383 e. The first-order valence-electron chi connectivity index (χ1n) is 7.01. The van der Waals surface area contributed by atoms with Gasteiger partial charge in [0.15, 0.2) is 5.16 Å². The van der Waals surface area contributed by atoms with Crippen molar-refractivity contribution in [3.05, 3.63) is 43.3 Å². The second-order valence-electron chi connectivity index (χ2n) is 4.78. The normalized spacial score (nSPS) is 10.6. The molecule has 2 aromatic heterocycles. The lowest BCUT2D eigenvalue weighted by Crippen LogP contribution is -2.34. The Balaban J connectivity index is 2.10. The van der Waals surface area contributed by atoms with Gasteiger partial charge < -0.3 is 20.8 Å². The Hall–Kier alpha value is -2.86. The quantitative estimate of drug-likeness (QED) is 0.341. The number of anilines is 2. The maximum Gasteiger partial charge on any atom is 0.329 e. The van der Waals surface area contributed by atoms with Crippen molar-refractivity contribution < 1.29 is 9.53 Å². The van der Waals surface area contributed by atoms with Crippen LogP contribution in [0.25, 0.3) is 0 Å². The maximum atomic E-state index is 12.1. The largest absolute Gasteiger partial charge is 0.383 e. The summed E-state index contributed by atoms with van der Waals surface area (Å²) >= 11 is 0.952. The van der Waals surface area contributed by atoms with E-state index in [1.807, 2.05) is 0 Å². The fourth-order valence-corrected chi connectivity index (χ4v) is 2.55. The summed E-state index contributed by atoms with van der Waals surface area (Å²) in [6.45, 7) is 0.372. The van der Waals surface area contributed by atoms with E-state index in [0.29, 0.717) is 0 Å². The number of ether oxygens (including phenoxy) is 1. The van der Waals surface area contributed by atoms with Gasteiger partial charge in [-0.3, -0.25) is 23.9 Å². The summed E-state index contributed by atoms with van der Waals surface area (Å²) in [5, 5.41) is 2.66. The van der Waals surface area contributed by atoms with Crippen molar-refractivity contribution in [1.29, 1.82) is 0 Å². The molecule has 12 heteroatoms. The molecule has 0 aliphatic heterocycles. The lowest BCUT2D eigenvalue weighted by Gasteiger charge is -2.12. The lowest BCUT2D eigenvalue weighted by atomic mass is 10.5. The number of amides is 1. The Morgan fingerprint density at radius 3 is 2.72 bits per heavy atom. The van der Waals surface area contributed by atoms with E-state index in [1.54, 1.807) is 0 Å². The number of nitrogens with zero attached hydrogens (tertiary/aromatic N) is 2. The van der Waals surface area contributed by atoms with E-state index in [2.05, 4.69) is 20.3 Å². The van der Waals surface area contributed by atoms with Gasteiger partial charge in [-0.2, -0.15) is 0 Å². The van der Waals surface area contributed by atoms with Crippen molar-refractivity contribution in [2.45, 2.75) is 11.7 Å². The molecule has 0 spiro atoms. The summed E-state index contributed by atoms with van der Waals surface area (Å²) < 4.78 is 6.07. The number of nitrogens with one attached hydrogen (secondary N) is 3. The molecule has 2 rings (SSSR count). The fraction of sp³-hybridized carbons (Fsp3) is 0.308. The number of nitrogen functional groups attached to an aromatic ring is 1. The van der Waals surface area contributed by atoms with Crippen LogP contribution < -0.4 is 27.9 Å². The monoisotopic (exact) mass is 368 g/mol. The Morgan fingerprint density at radius 2 is 2.04 bits per heavy atom. The highest BCUT2D eigenvalue weighted by Gasteiger charge is 2.11. The molecule has 0 radical (unpaired) electrons. The second kappa shape index (κ2) is 8.30. The van der Waals surface area contributed by atoms with Crippen LogP contribution in [0.2, 0.25) is 0 Å². The summed E-state index contributed by atoms with van der Waals surface area (Å²) in [5.41, 5.74) is 3.73. The maximum absolute atomic E-state index is 12.1. The molecule has 0 aliphatic rings. The summed E-state index contributed by atoms with van der Waals surface area (Å²) in [4.78, 5) is 55.1. The fourth-order valence-electron chi connectivity index (χ4n) is 1.86. The minimum atomic E-state index is -0.658. The predicted octanol–water partition coefficient (Wildman–Crippen LogP) is -1.42. The summed E-state index contributed by atoms with van der Waals surface area (Å²) in [7, 11) is 1.46. The number of aromatic amines is 2. The van der Waals surface area contributed by atoms with E-state index < -0.39 is 22.7 Å². The highest BCUT2D eigenvalue weighted by Crippen LogP contribution is 2.12. The molecule has 2 heterocycles. The highest BCUT2D eigenvalue weighted by atomic mass is 32.2. The van der Waals surface area contributed by atoms with Gasteiger partial charge in [-0.25, -0.2) is 9.78 Å². The molecule has 0 aliphatic carbocycles. The molecule has 0 saturated heterocycles. The summed E-state index contributed by atoms with van der Waals surface area (Å²) in [5.74, 6) is -0.524. The molecule has 11 nitrogen and oxygen atoms in total. The number of carbonyl (C=O) groups is 1. The number of carbonyl (C=O) groups excluding carboxylic acids is 1. The van der Waals surface area contributed by atoms with E-state index in [0.717, 1.165) is 23.9 Å². The van der Waals surface area contributed by atoms with Crippen LogP contribution in [0.5, 0.6) is 0 Å². The molecule has 2 aromatic rings. The van der Waals surface area contributed by atoms with Crippen LogP contribution in [0, 0.1) is 0 Å². The first-order chi connectivity index (χ1) is 11.9. The van der Waals surface area contributed by atoms with E-state index >= 15 is 0 Å². The molecule has 0 saturated carbocycles. The molecule has 0 bridgehead atoms. The second-order valence-corrected chi connectivity index (χ2v) is 5.74. The van der Waals surface area contributed by atoms with Crippen molar-refractivity contribution in [1.82, 2.24) is 19.5 Å². The zero-order valence-electron chi connectivity index (χ0n) is 13.2. The van der Waals surface area contributed by atoms with Crippen LogP contribution >= 0.6 is 11.8 Å². The van der Waals surface area contributed by atoms with Crippen LogP contribution in [0.4, 0.5) is 11.6 Å². The lowest BCUT2D eigenvalue weighted by molar-refractivity contribution is -0.113. The molecular weight excluding hydrogens is 352 g/mol. The zero-order valence-corrected chi connectivity index (χ0v) is 14.0. The van der Waals surface area contributed by atoms with Crippen LogP contribution in [0.1, 0.15) is 0 Å². The Morgan fingerprint density at radius 1 is 1.32 bits per heavy atom. The van der Waals surface area contributed by atoms with Gasteiger partial charge in [0.2, 0.25) is 5.91 Å². The Bertz CT molecular complexity index is 933. The van der Waals surface area contributed by atoms with Crippen molar-refractivity contribution in [3.63, 3.8) is 0 Å². The molecule has 134 valence electrons. The standard InChI is InChI=1S/C13H16N6O5S/c1-24-3-2-19-8(5-10(21)18-13(19)23)16-11(22)6-25-12-15-7(14)4-9(20)17-12/h4-5H,2-3,6H2,1H3,(H,16,22)(H,18,21,23)(H3,14,15,17,20). The number of methoxy groups -OCH3 is 1. The highest BCUT2D eigenvalue weighted by molar-refractivity contribution is 7.99. The number of H-pyrrole nitrogens is 2. The van der Waals surface area contributed by atoms with Crippen molar-refractivity contribution >= 4 is 29.3 Å². The van der Waals surface area contributed by atoms with Crippen LogP contribution in [0.15, 0.2) is 31.7 Å². The van der Waals surface area contributed by atoms with Gasteiger partial charge in [0.1, 0.15) is 11.6 Å². The number of nitrogens with two attached hydrogens (primary N) is 1. The SMILES string of the molecule is COCCn1c(NC(=O)CSc2nc(N)cc(=O)[nH]2)cc(=O)[nH]c1=O. The molecule has 25 heavy (non-hydrogen) atoms. The summed E-state index contributed by atoms with van der Waals surface area (Å²) in [6, 6.07) is 2.22. The number of aromatic nitrogens is 4.